The van der Waals surface area contributed by atoms with Crippen molar-refractivity contribution >= 4 is 6.08 Å². The standard InChI is InChI=1S/C26H23F2NO4/c1-30-23-15-20-19(14-24(23)31-16-18-5-3-2-4-6-18)11-12-29-21(20)9-7-17-8-10-22-25(13-17)33-26(27,28)32-22/h2-10,13-15,21,29H,11-12,16H2,1H3. The Labute approximate surface area is 190 Å². The van der Waals surface area contributed by atoms with Gasteiger partial charge in [0, 0.05) is 6.54 Å². The van der Waals surface area contributed by atoms with Crippen LogP contribution in [0.2, 0.25) is 0 Å². The minimum atomic E-state index is -3.62. The van der Waals surface area contributed by atoms with E-state index < -0.39 is 6.29 Å². The van der Waals surface area contributed by atoms with Gasteiger partial charge in [-0.3, -0.25) is 0 Å². The van der Waals surface area contributed by atoms with Crippen LogP contribution in [-0.2, 0) is 13.0 Å². The van der Waals surface area contributed by atoms with Gasteiger partial charge in [-0.05, 0) is 52.9 Å². The SMILES string of the molecule is COc1cc2c(cc1OCc1ccccc1)CCNC2C=Cc1ccc2c(c1)OC(F)(F)O2. The third kappa shape index (κ3) is 4.64. The molecule has 0 amide bonds. The van der Waals surface area contributed by atoms with E-state index in [1.165, 1.54) is 17.7 Å². The highest BCUT2D eigenvalue weighted by Crippen LogP contribution is 2.42. The second-order valence-corrected chi connectivity index (χ2v) is 7.89. The number of alkyl halides is 2. The van der Waals surface area contributed by atoms with Crippen molar-refractivity contribution in [2.75, 3.05) is 13.7 Å². The van der Waals surface area contributed by atoms with Gasteiger partial charge in [-0.15, -0.1) is 8.78 Å². The number of nitrogens with one attached hydrogen (secondary N) is 1. The smallest absolute Gasteiger partial charge is 0.493 e. The molecule has 0 bridgehead atoms. The monoisotopic (exact) mass is 451 g/mol. The van der Waals surface area contributed by atoms with Crippen molar-refractivity contribution in [3.05, 3.63) is 89.0 Å². The largest absolute Gasteiger partial charge is 0.586 e. The molecule has 0 fully saturated rings. The van der Waals surface area contributed by atoms with Gasteiger partial charge in [-0.25, -0.2) is 0 Å². The highest BCUT2D eigenvalue weighted by Gasteiger charge is 2.43. The highest BCUT2D eigenvalue weighted by molar-refractivity contribution is 5.58. The Morgan fingerprint density at radius 2 is 1.85 bits per heavy atom. The minimum Gasteiger partial charge on any atom is -0.493 e. The molecular formula is C26H23F2NO4. The van der Waals surface area contributed by atoms with Crippen molar-refractivity contribution in [3.8, 4) is 23.0 Å². The maximum atomic E-state index is 13.3. The average Bonchev–Trinajstić information content (AvgIpc) is 3.14. The van der Waals surface area contributed by atoms with E-state index in [-0.39, 0.29) is 17.5 Å². The predicted molar refractivity (Wildman–Crippen MR) is 120 cm³/mol. The van der Waals surface area contributed by atoms with Crippen LogP contribution < -0.4 is 24.3 Å². The molecule has 5 nitrogen and oxygen atoms in total. The van der Waals surface area contributed by atoms with Gasteiger partial charge in [0.1, 0.15) is 6.61 Å². The van der Waals surface area contributed by atoms with Crippen molar-refractivity contribution < 1.29 is 27.7 Å². The van der Waals surface area contributed by atoms with Crippen molar-refractivity contribution in [2.24, 2.45) is 0 Å². The summed E-state index contributed by atoms with van der Waals surface area (Å²) in [6.45, 7) is 1.26. The van der Waals surface area contributed by atoms with Crippen LogP contribution in [0, 0.1) is 0 Å². The first kappa shape index (κ1) is 21.3. The summed E-state index contributed by atoms with van der Waals surface area (Å²) in [7, 11) is 1.63. The molecule has 5 rings (SSSR count). The fraction of sp³-hybridized carbons (Fsp3) is 0.231. The number of methoxy groups -OCH3 is 1. The molecule has 0 saturated carbocycles. The van der Waals surface area contributed by atoms with Crippen molar-refractivity contribution in [1.82, 2.24) is 5.32 Å². The highest BCUT2D eigenvalue weighted by atomic mass is 19.3. The van der Waals surface area contributed by atoms with Crippen LogP contribution in [0.15, 0.2) is 66.7 Å². The van der Waals surface area contributed by atoms with Crippen LogP contribution in [0.3, 0.4) is 0 Å². The summed E-state index contributed by atoms with van der Waals surface area (Å²) in [5.74, 6) is 1.44. The molecule has 0 spiro atoms. The molecule has 0 aliphatic carbocycles. The fourth-order valence-corrected chi connectivity index (χ4v) is 4.05. The molecule has 2 aliphatic heterocycles. The van der Waals surface area contributed by atoms with Crippen LogP contribution in [0.4, 0.5) is 8.78 Å². The molecular weight excluding hydrogens is 428 g/mol. The molecule has 1 unspecified atom stereocenters. The van der Waals surface area contributed by atoms with Crippen LogP contribution in [-0.4, -0.2) is 19.9 Å². The van der Waals surface area contributed by atoms with Gasteiger partial charge in [0.15, 0.2) is 23.0 Å². The first-order valence-electron chi connectivity index (χ1n) is 10.7. The van der Waals surface area contributed by atoms with Gasteiger partial charge >= 0.3 is 6.29 Å². The molecule has 0 radical (unpaired) electrons. The van der Waals surface area contributed by atoms with E-state index in [4.69, 9.17) is 9.47 Å². The Morgan fingerprint density at radius 3 is 2.67 bits per heavy atom. The minimum absolute atomic E-state index is 0.0287. The lowest BCUT2D eigenvalue weighted by molar-refractivity contribution is -0.286. The third-order valence-electron chi connectivity index (χ3n) is 5.66. The number of rotatable bonds is 6. The summed E-state index contributed by atoms with van der Waals surface area (Å²) in [5.41, 5.74) is 4.09. The van der Waals surface area contributed by atoms with Crippen LogP contribution in [0.1, 0.15) is 28.3 Å². The lowest BCUT2D eigenvalue weighted by atomic mass is 9.93. The second-order valence-electron chi connectivity index (χ2n) is 7.89. The Bertz CT molecular complexity index is 1180. The lowest BCUT2D eigenvalue weighted by Crippen LogP contribution is -2.28. The number of fused-ring (bicyclic) bond motifs is 2. The van der Waals surface area contributed by atoms with E-state index in [0.29, 0.717) is 18.1 Å². The summed E-state index contributed by atoms with van der Waals surface area (Å²) in [4.78, 5) is 0. The van der Waals surface area contributed by atoms with E-state index >= 15 is 0 Å². The number of hydrogen-bond donors (Lipinski definition) is 1. The zero-order chi connectivity index (χ0) is 22.8. The van der Waals surface area contributed by atoms with Crippen LogP contribution in [0.5, 0.6) is 23.0 Å². The molecule has 7 heteroatoms. The van der Waals surface area contributed by atoms with Gasteiger partial charge in [-0.1, -0.05) is 48.6 Å². The van der Waals surface area contributed by atoms with E-state index in [0.717, 1.165) is 29.7 Å². The van der Waals surface area contributed by atoms with Crippen LogP contribution >= 0.6 is 0 Å². The summed E-state index contributed by atoms with van der Waals surface area (Å²) in [5, 5.41) is 3.48. The summed E-state index contributed by atoms with van der Waals surface area (Å²) < 4.78 is 47.2. The van der Waals surface area contributed by atoms with E-state index in [9.17, 15) is 8.78 Å². The number of benzene rings is 3. The molecule has 3 aromatic carbocycles. The maximum Gasteiger partial charge on any atom is 0.586 e. The third-order valence-corrected chi connectivity index (χ3v) is 5.66. The lowest BCUT2D eigenvalue weighted by Gasteiger charge is -2.26. The topological polar surface area (TPSA) is 49.0 Å². The first-order valence-corrected chi connectivity index (χ1v) is 10.7. The van der Waals surface area contributed by atoms with Gasteiger partial charge in [0.2, 0.25) is 0 Å². The second kappa shape index (κ2) is 8.75. The Hall–Kier alpha value is -3.58. The van der Waals surface area contributed by atoms with Crippen molar-refractivity contribution in [2.45, 2.75) is 25.4 Å². The van der Waals surface area contributed by atoms with Gasteiger partial charge in [0.05, 0.1) is 13.2 Å². The molecule has 2 aliphatic rings. The van der Waals surface area contributed by atoms with Crippen LogP contribution in [0.25, 0.3) is 6.08 Å². The number of hydrogen-bond acceptors (Lipinski definition) is 5. The van der Waals surface area contributed by atoms with Crippen molar-refractivity contribution in [3.63, 3.8) is 0 Å². The van der Waals surface area contributed by atoms with E-state index in [1.807, 2.05) is 54.6 Å². The molecule has 1 atom stereocenters. The molecule has 1 N–H and O–H groups in total. The van der Waals surface area contributed by atoms with E-state index in [2.05, 4.69) is 14.8 Å². The summed E-state index contributed by atoms with van der Waals surface area (Å²) in [6.07, 6.45) is 1.12. The molecule has 170 valence electrons. The molecule has 3 aromatic rings. The molecule has 2 heterocycles. The number of halogens is 2. The Morgan fingerprint density at radius 1 is 1.03 bits per heavy atom. The quantitative estimate of drug-likeness (QED) is 0.537. The normalized spacial score (nSPS) is 18.2. The maximum absolute atomic E-state index is 13.3. The fourth-order valence-electron chi connectivity index (χ4n) is 4.05. The average molecular weight is 451 g/mol. The number of ether oxygens (including phenoxy) is 4. The molecule has 0 saturated heterocycles. The Balaban J connectivity index is 1.36. The summed E-state index contributed by atoms with van der Waals surface area (Å²) >= 11 is 0. The Kier molecular flexibility index (Phi) is 5.64. The van der Waals surface area contributed by atoms with Gasteiger partial charge < -0.3 is 24.3 Å². The van der Waals surface area contributed by atoms with Gasteiger partial charge in [0.25, 0.3) is 0 Å². The zero-order valence-corrected chi connectivity index (χ0v) is 18.0. The zero-order valence-electron chi connectivity index (χ0n) is 18.0. The van der Waals surface area contributed by atoms with Gasteiger partial charge in [-0.2, -0.15) is 0 Å². The summed E-state index contributed by atoms with van der Waals surface area (Å²) in [6, 6.07) is 18.7. The molecule has 0 aromatic heterocycles. The van der Waals surface area contributed by atoms with E-state index in [1.54, 1.807) is 13.2 Å². The first-order chi connectivity index (χ1) is 16.0. The predicted octanol–water partition coefficient (Wildman–Crippen LogP) is 5.50. The van der Waals surface area contributed by atoms with Crippen molar-refractivity contribution in [1.29, 1.82) is 0 Å². The molecule has 33 heavy (non-hydrogen) atoms.